The Morgan fingerprint density at radius 1 is 0.920 bits per heavy atom. The van der Waals surface area contributed by atoms with Crippen LogP contribution in [-0.4, -0.2) is 23.6 Å². The summed E-state index contributed by atoms with van der Waals surface area (Å²) in [6.45, 7) is 1.44. The van der Waals surface area contributed by atoms with Crippen molar-refractivity contribution in [2.24, 2.45) is 5.73 Å². The van der Waals surface area contributed by atoms with E-state index in [1.807, 2.05) is 60.7 Å². The number of carbonyl (C=O) groups is 3. The monoisotopic (exact) mass is 338 g/mol. The molecule has 0 heterocycles. The van der Waals surface area contributed by atoms with Gasteiger partial charge in [-0.3, -0.25) is 9.59 Å². The lowest BCUT2D eigenvalue weighted by Gasteiger charge is -2.21. The number of nitrogens with one attached hydrogen (secondary N) is 1. The first-order valence-corrected chi connectivity index (χ1v) is 8.18. The Kier molecular flexibility index (Phi) is 6.46. The Morgan fingerprint density at radius 3 is 1.80 bits per heavy atom. The van der Waals surface area contributed by atoms with E-state index in [4.69, 9.17) is 5.73 Å². The summed E-state index contributed by atoms with van der Waals surface area (Å²) in [5.41, 5.74) is 7.02. The minimum absolute atomic E-state index is 0.0526. The van der Waals surface area contributed by atoms with Gasteiger partial charge in [-0.1, -0.05) is 60.7 Å². The van der Waals surface area contributed by atoms with Crippen molar-refractivity contribution in [3.05, 3.63) is 71.8 Å². The molecule has 0 bridgehead atoms. The van der Waals surface area contributed by atoms with E-state index < -0.39 is 17.9 Å². The van der Waals surface area contributed by atoms with Crippen LogP contribution in [0.1, 0.15) is 36.8 Å². The number of rotatable bonds is 8. The molecule has 2 aromatic rings. The van der Waals surface area contributed by atoms with Crippen LogP contribution >= 0.6 is 0 Å². The smallest absolute Gasteiger partial charge is 0.240 e. The molecule has 3 N–H and O–H groups in total. The Morgan fingerprint density at radius 2 is 1.40 bits per heavy atom. The number of hydrogen-bond donors (Lipinski definition) is 2. The molecule has 130 valence electrons. The lowest BCUT2D eigenvalue weighted by molar-refractivity contribution is -0.128. The molecule has 25 heavy (non-hydrogen) atoms. The highest BCUT2D eigenvalue weighted by atomic mass is 16.2. The number of amides is 2. The van der Waals surface area contributed by atoms with Crippen LogP contribution in [0.25, 0.3) is 0 Å². The third kappa shape index (κ3) is 5.28. The molecule has 0 aliphatic carbocycles. The van der Waals surface area contributed by atoms with Gasteiger partial charge in [0.05, 0.1) is 5.92 Å². The van der Waals surface area contributed by atoms with E-state index in [1.165, 1.54) is 6.92 Å². The normalized spacial score (nSPS) is 11.8. The molecule has 0 aliphatic heterocycles. The summed E-state index contributed by atoms with van der Waals surface area (Å²) in [7, 11) is 0. The standard InChI is InChI=1S/C20H22N2O3/c1-14(23)12-13-17(19(21)24)22-20(25)18(15-8-4-2-5-9-15)16-10-6-3-7-11-16/h2-11,17-18H,12-13H2,1H3,(H2,21,24)(H,22,25)/t17-/m1/s1. The average molecular weight is 338 g/mol. The second-order valence-electron chi connectivity index (χ2n) is 5.96. The Balaban J connectivity index is 2.26. The molecule has 0 aromatic heterocycles. The third-order valence-corrected chi connectivity index (χ3v) is 3.97. The van der Waals surface area contributed by atoms with Gasteiger partial charge in [-0.25, -0.2) is 0 Å². The summed E-state index contributed by atoms with van der Waals surface area (Å²) in [6, 6.07) is 17.8. The first-order chi connectivity index (χ1) is 12.0. The van der Waals surface area contributed by atoms with Crippen LogP contribution in [0.4, 0.5) is 0 Å². The van der Waals surface area contributed by atoms with E-state index in [0.717, 1.165) is 11.1 Å². The van der Waals surface area contributed by atoms with Crippen molar-refractivity contribution in [1.82, 2.24) is 5.32 Å². The number of ketones is 1. The first kappa shape index (κ1) is 18.4. The molecule has 0 spiro atoms. The summed E-state index contributed by atoms with van der Waals surface area (Å²) in [4.78, 5) is 35.7. The van der Waals surface area contributed by atoms with Crippen LogP contribution in [0, 0.1) is 0 Å². The number of nitrogens with two attached hydrogens (primary N) is 1. The van der Waals surface area contributed by atoms with Gasteiger partial charge >= 0.3 is 0 Å². The topological polar surface area (TPSA) is 89.3 Å². The Hall–Kier alpha value is -2.95. The molecule has 5 nitrogen and oxygen atoms in total. The molecule has 0 fully saturated rings. The molecule has 0 unspecified atom stereocenters. The van der Waals surface area contributed by atoms with Crippen LogP contribution in [0.3, 0.4) is 0 Å². The molecular formula is C20H22N2O3. The molecular weight excluding hydrogens is 316 g/mol. The van der Waals surface area contributed by atoms with Gasteiger partial charge in [0.2, 0.25) is 11.8 Å². The Bertz CT molecular complexity index is 690. The van der Waals surface area contributed by atoms with Crippen LogP contribution in [-0.2, 0) is 14.4 Å². The largest absolute Gasteiger partial charge is 0.368 e. The van der Waals surface area contributed by atoms with Crippen molar-refractivity contribution in [2.75, 3.05) is 0 Å². The maximum atomic E-state index is 12.9. The fourth-order valence-corrected chi connectivity index (χ4v) is 2.67. The predicted molar refractivity (Wildman–Crippen MR) is 95.8 cm³/mol. The first-order valence-electron chi connectivity index (χ1n) is 8.18. The molecule has 5 heteroatoms. The fraction of sp³-hybridized carbons (Fsp3) is 0.250. The predicted octanol–water partition coefficient (Wildman–Crippen LogP) is 2.16. The summed E-state index contributed by atoms with van der Waals surface area (Å²) in [5, 5.41) is 2.70. The summed E-state index contributed by atoms with van der Waals surface area (Å²) in [6.07, 6.45) is 0.391. The number of carbonyl (C=O) groups excluding carboxylic acids is 3. The van der Waals surface area contributed by atoms with Crippen LogP contribution in [0.5, 0.6) is 0 Å². The molecule has 0 saturated carbocycles. The van der Waals surface area contributed by atoms with Gasteiger partial charge in [0.25, 0.3) is 0 Å². The van der Waals surface area contributed by atoms with Gasteiger partial charge in [-0.15, -0.1) is 0 Å². The zero-order valence-electron chi connectivity index (χ0n) is 14.1. The minimum Gasteiger partial charge on any atom is -0.368 e. The quantitative estimate of drug-likeness (QED) is 0.773. The van der Waals surface area contributed by atoms with Crippen molar-refractivity contribution in [2.45, 2.75) is 31.7 Å². The molecule has 2 rings (SSSR count). The lowest BCUT2D eigenvalue weighted by Crippen LogP contribution is -2.46. The lowest BCUT2D eigenvalue weighted by atomic mass is 9.90. The molecule has 0 saturated heterocycles. The maximum absolute atomic E-state index is 12.9. The summed E-state index contributed by atoms with van der Waals surface area (Å²) >= 11 is 0. The second-order valence-corrected chi connectivity index (χ2v) is 5.96. The van der Waals surface area contributed by atoms with Crippen molar-refractivity contribution in [1.29, 1.82) is 0 Å². The minimum atomic E-state index is -0.869. The van der Waals surface area contributed by atoms with Crippen LogP contribution in [0.2, 0.25) is 0 Å². The summed E-state index contributed by atoms with van der Waals surface area (Å²) in [5.74, 6) is -1.57. The van der Waals surface area contributed by atoms with Crippen molar-refractivity contribution in [3.63, 3.8) is 0 Å². The Labute approximate surface area is 147 Å². The molecule has 0 aliphatic rings. The van der Waals surface area contributed by atoms with Crippen molar-refractivity contribution >= 4 is 17.6 Å². The van der Waals surface area contributed by atoms with E-state index in [1.54, 1.807) is 0 Å². The number of Topliss-reactive ketones (excluding diaryl/α,β-unsaturated/α-hetero) is 1. The van der Waals surface area contributed by atoms with Gasteiger partial charge in [0.15, 0.2) is 0 Å². The highest BCUT2D eigenvalue weighted by Gasteiger charge is 2.26. The molecule has 2 amide bonds. The van der Waals surface area contributed by atoms with Crippen LogP contribution < -0.4 is 11.1 Å². The highest BCUT2D eigenvalue weighted by Crippen LogP contribution is 2.25. The molecule has 0 radical (unpaired) electrons. The average Bonchev–Trinajstić information content (AvgIpc) is 2.60. The van der Waals surface area contributed by atoms with Gasteiger partial charge < -0.3 is 15.8 Å². The van der Waals surface area contributed by atoms with Gasteiger partial charge in [-0.05, 0) is 24.5 Å². The number of benzene rings is 2. The van der Waals surface area contributed by atoms with E-state index in [0.29, 0.717) is 0 Å². The summed E-state index contributed by atoms with van der Waals surface area (Å²) < 4.78 is 0. The SMILES string of the molecule is CC(=O)CC[C@@H](NC(=O)C(c1ccccc1)c1ccccc1)C(N)=O. The molecule has 2 aromatic carbocycles. The fourth-order valence-electron chi connectivity index (χ4n) is 2.67. The highest BCUT2D eigenvalue weighted by molar-refractivity contribution is 5.92. The van der Waals surface area contributed by atoms with E-state index in [9.17, 15) is 14.4 Å². The molecule has 1 atom stereocenters. The van der Waals surface area contributed by atoms with Crippen molar-refractivity contribution in [3.8, 4) is 0 Å². The zero-order chi connectivity index (χ0) is 18.2. The third-order valence-electron chi connectivity index (χ3n) is 3.97. The zero-order valence-corrected chi connectivity index (χ0v) is 14.1. The van der Waals surface area contributed by atoms with Gasteiger partial charge in [0, 0.05) is 6.42 Å². The van der Waals surface area contributed by atoms with Gasteiger partial charge in [0.1, 0.15) is 11.8 Å². The van der Waals surface area contributed by atoms with Crippen molar-refractivity contribution < 1.29 is 14.4 Å². The van der Waals surface area contributed by atoms with E-state index in [2.05, 4.69) is 5.32 Å². The second kappa shape index (κ2) is 8.78. The van der Waals surface area contributed by atoms with E-state index >= 15 is 0 Å². The maximum Gasteiger partial charge on any atom is 0.240 e. The van der Waals surface area contributed by atoms with Gasteiger partial charge in [-0.2, -0.15) is 0 Å². The number of primary amides is 1. The van der Waals surface area contributed by atoms with Crippen LogP contribution in [0.15, 0.2) is 60.7 Å². The van der Waals surface area contributed by atoms with E-state index in [-0.39, 0.29) is 24.5 Å². The number of hydrogen-bond acceptors (Lipinski definition) is 3.